The zero-order valence-electron chi connectivity index (χ0n) is 22.9. The average Bonchev–Trinajstić information content (AvgIpc) is 3.01. The van der Waals surface area contributed by atoms with Gasteiger partial charge in [0.05, 0.1) is 31.6 Å². The van der Waals surface area contributed by atoms with Crippen LogP contribution in [0.1, 0.15) is 15.9 Å². The molecular weight excluding hydrogens is 561 g/mol. The monoisotopic (exact) mass is 591 g/mol. The number of amides is 1. The maximum atomic E-state index is 13.7. The van der Waals surface area contributed by atoms with Crippen LogP contribution in [-0.2, 0) is 21.4 Å². The van der Waals surface area contributed by atoms with Crippen molar-refractivity contribution >= 4 is 33.0 Å². The summed E-state index contributed by atoms with van der Waals surface area (Å²) in [6.45, 7) is 2.13. The van der Waals surface area contributed by atoms with Crippen LogP contribution in [0.4, 0.5) is 21.5 Å². The van der Waals surface area contributed by atoms with Crippen molar-refractivity contribution in [3.05, 3.63) is 108 Å². The van der Waals surface area contributed by atoms with Crippen LogP contribution in [0.15, 0.2) is 95.9 Å². The SMILES string of the molecule is COc1ccc(NS(=O)(=O)c2cc(NC(=O)c3ccccc3OCc3ccc(F)cc3)ccc2N2CCOCC2)cc1. The summed E-state index contributed by atoms with van der Waals surface area (Å²) in [6, 6.07) is 23.9. The van der Waals surface area contributed by atoms with Crippen LogP contribution in [-0.4, -0.2) is 47.7 Å². The third kappa shape index (κ3) is 6.99. The van der Waals surface area contributed by atoms with Gasteiger partial charge in [0, 0.05) is 24.5 Å². The van der Waals surface area contributed by atoms with Crippen LogP contribution >= 0.6 is 0 Å². The Morgan fingerprint density at radius 3 is 2.33 bits per heavy atom. The minimum Gasteiger partial charge on any atom is -0.497 e. The number of hydrogen-bond donors (Lipinski definition) is 2. The maximum absolute atomic E-state index is 13.7. The Morgan fingerprint density at radius 1 is 0.929 bits per heavy atom. The molecule has 0 aliphatic carbocycles. The molecule has 2 N–H and O–H groups in total. The number of hydrogen-bond acceptors (Lipinski definition) is 7. The molecular formula is C31H30FN3O6S. The van der Waals surface area contributed by atoms with E-state index in [0.717, 1.165) is 5.56 Å². The highest BCUT2D eigenvalue weighted by Crippen LogP contribution is 2.32. The Balaban J connectivity index is 1.40. The highest BCUT2D eigenvalue weighted by molar-refractivity contribution is 7.92. The normalized spacial score (nSPS) is 13.3. The second-order valence-corrected chi connectivity index (χ2v) is 11.1. The van der Waals surface area contributed by atoms with E-state index in [2.05, 4.69) is 10.0 Å². The molecule has 4 aromatic carbocycles. The summed E-state index contributed by atoms with van der Waals surface area (Å²) in [7, 11) is -2.53. The zero-order valence-corrected chi connectivity index (χ0v) is 23.7. The summed E-state index contributed by atoms with van der Waals surface area (Å²) in [5.41, 5.74) is 2.16. The second-order valence-electron chi connectivity index (χ2n) is 9.48. The average molecular weight is 592 g/mol. The van der Waals surface area contributed by atoms with Crippen LogP contribution in [0.3, 0.4) is 0 Å². The minimum atomic E-state index is -4.06. The molecule has 0 radical (unpaired) electrons. The first kappa shape index (κ1) is 28.9. The van der Waals surface area contributed by atoms with E-state index in [9.17, 15) is 17.6 Å². The smallest absolute Gasteiger partial charge is 0.264 e. The molecule has 0 saturated carbocycles. The summed E-state index contributed by atoms with van der Waals surface area (Å²) in [5, 5.41) is 2.81. The first-order chi connectivity index (χ1) is 20.3. The Kier molecular flexibility index (Phi) is 8.89. The van der Waals surface area contributed by atoms with Gasteiger partial charge in [-0.15, -0.1) is 0 Å². The first-order valence-corrected chi connectivity index (χ1v) is 14.7. The van der Waals surface area contributed by atoms with Crippen molar-refractivity contribution in [3.8, 4) is 11.5 Å². The van der Waals surface area contributed by atoms with E-state index in [4.69, 9.17) is 14.2 Å². The summed E-state index contributed by atoms with van der Waals surface area (Å²) in [6.07, 6.45) is 0. The third-order valence-corrected chi connectivity index (χ3v) is 8.05. The fraction of sp³-hybridized carbons (Fsp3) is 0.194. The summed E-state index contributed by atoms with van der Waals surface area (Å²) < 4.78 is 59.7. The molecule has 0 aromatic heterocycles. The molecule has 4 aromatic rings. The molecule has 0 unspecified atom stereocenters. The quantitative estimate of drug-likeness (QED) is 0.258. The molecule has 218 valence electrons. The number of sulfonamides is 1. The van der Waals surface area contributed by atoms with Gasteiger partial charge in [0.1, 0.15) is 28.8 Å². The number of carbonyl (C=O) groups is 1. The molecule has 5 rings (SSSR count). The molecule has 42 heavy (non-hydrogen) atoms. The largest absolute Gasteiger partial charge is 0.497 e. The lowest BCUT2D eigenvalue weighted by Crippen LogP contribution is -2.37. The fourth-order valence-corrected chi connectivity index (χ4v) is 5.77. The lowest BCUT2D eigenvalue weighted by Gasteiger charge is -2.30. The van der Waals surface area contributed by atoms with E-state index in [1.807, 2.05) is 4.90 Å². The van der Waals surface area contributed by atoms with Gasteiger partial charge >= 0.3 is 0 Å². The van der Waals surface area contributed by atoms with E-state index < -0.39 is 15.9 Å². The minimum absolute atomic E-state index is 0.0128. The molecule has 0 spiro atoms. The van der Waals surface area contributed by atoms with Gasteiger partial charge in [-0.25, -0.2) is 12.8 Å². The van der Waals surface area contributed by atoms with Crippen LogP contribution in [0, 0.1) is 5.82 Å². The van der Waals surface area contributed by atoms with E-state index in [1.54, 1.807) is 72.8 Å². The number of carbonyl (C=O) groups excluding carboxylic acids is 1. The van der Waals surface area contributed by atoms with Gasteiger partial charge in [-0.3, -0.25) is 9.52 Å². The number of nitrogens with one attached hydrogen (secondary N) is 2. The molecule has 0 atom stereocenters. The highest BCUT2D eigenvalue weighted by Gasteiger charge is 2.25. The number of rotatable bonds is 10. The van der Waals surface area contributed by atoms with E-state index in [1.165, 1.54) is 25.3 Å². The van der Waals surface area contributed by atoms with Crippen LogP contribution in [0.5, 0.6) is 11.5 Å². The summed E-state index contributed by atoms with van der Waals surface area (Å²) >= 11 is 0. The lowest BCUT2D eigenvalue weighted by molar-refractivity contribution is 0.102. The molecule has 11 heteroatoms. The summed E-state index contributed by atoms with van der Waals surface area (Å²) in [5.74, 6) is 0.103. The van der Waals surface area contributed by atoms with Crippen molar-refractivity contribution in [2.75, 3.05) is 48.4 Å². The zero-order chi connectivity index (χ0) is 29.5. The van der Waals surface area contributed by atoms with Crippen LogP contribution < -0.4 is 24.4 Å². The van der Waals surface area contributed by atoms with Crippen molar-refractivity contribution in [3.63, 3.8) is 0 Å². The number of para-hydroxylation sites is 1. The van der Waals surface area contributed by atoms with Gasteiger partial charge in [0.25, 0.3) is 15.9 Å². The van der Waals surface area contributed by atoms with Crippen molar-refractivity contribution < 1.29 is 31.8 Å². The number of ether oxygens (including phenoxy) is 3. The van der Waals surface area contributed by atoms with E-state index >= 15 is 0 Å². The molecule has 1 amide bonds. The van der Waals surface area contributed by atoms with Crippen molar-refractivity contribution in [2.45, 2.75) is 11.5 Å². The molecule has 1 aliphatic rings. The van der Waals surface area contributed by atoms with Crippen LogP contribution in [0.2, 0.25) is 0 Å². The van der Waals surface area contributed by atoms with Crippen molar-refractivity contribution in [1.82, 2.24) is 0 Å². The Labute approximate surface area is 243 Å². The number of halogens is 1. The first-order valence-electron chi connectivity index (χ1n) is 13.2. The van der Waals surface area contributed by atoms with Gasteiger partial charge in [-0.2, -0.15) is 0 Å². The van der Waals surface area contributed by atoms with E-state index in [-0.39, 0.29) is 22.9 Å². The number of anilines is 3. The highest BCUT2D eigenvalue weighted by atomic mass is 32.2. The molecule has 0 bridgehead atoms. The van der Waals surface area contributed by atoms with Crippen molar-refractivity contribution in [2.24, 2.45) is 0 Å². The molecule has 1 heterocycles. The van der Waals surface area contributed by atoms with E-state index in [0.29, 0.717) is 54.9 Å². The van der Waals surface area contributed by atoms with Gasteiger partial charge in [-0.05, 0) is 72.3 Å². The number of benzene rings is 4. The lowest BCUT2D eigenvalue weighted by atomic mass is 10.1. The molecule has 1 saturated heterocycles. The topological polar surface area (TPSA) is 106 Å². The van der Waals surface area contributed by atoms with Gasteiger partial charge in [0.2, 0.25) is 0 Å². The third-order valence-electron chi connectivity index (χ3n) is 6.64. The molecule has 1 fully saturated rings. The predicted octanol–water partition coefficient (Wildman–Crippen LogP) is 5.30. The van der Waals surface area contributed by atoms with Crippen LogP contribution in [0.25, 0.3) is 0 Å². The van der Waals surface area contributed by atoms with Gasteiger partial charge in [-0.1, -0.05) is 24.3 Å². The Morgan fingerprint density at radius 2 is 1.62 bits per heavy atom. The maximum Gasteiger partial charge on any atom is 0.264 e. The van der Waals surface area contributed by atoms with Gasteiger partial charge in [0.15, 0.2) is 0 Å². The second kappa shape index (κ2) is 12.9. The molecule has 9 nitrogen and oxygen atoms in total. The fourth-order valence-electron chi connectivity index (χ4n) is 4.46. The number of methoxy groups -OCH3 is 1. The predicted molar refractivity (Wildman–Crippen MR) is 158 cm³/mol. The number of nitrogens with zero attached hydrogens (tertiary/aromatic N) is 1. The Bertz CT molecular complexity index is 1640. The van der Waals surface area contributed by atoms with Crippen molar-refractivity contribution in [1.29, 1.82) is 0 Å². The van der Waals surface area contributed by atoms with Gasteiger partial charge < -0.3 is 24.4 Å². The Hall–Kier alpha value is -4.61. The number of morpholine rings is 1. The standard InChI is InChI=1S/C31H30FN3O6S/c1-39-26-13-10-24(11-14-26)34-42(37,38)30-20-25(12-15-28(30)35-16-18-40-19-17-35)33-31(36)27-4-2-3-5-29(27)41-21-22-6-8-23(32)9-7-22/h2-15,20,34H,16-19,21H2,1H3,(H,33,36). The summed E-state index contributed by atoms with van der Waals surface area (Å²) in [4.78, 5) is 15.3. The molecule has 1 aliphatic heterocycles.